The van der Waals surface area contributed by atoms with E-state index in [4.69, 9.17) is 4.74 Å². The Bertz CT molecular complexity index is 977. The van der Waals surface area contributed by atoms with Crippen LogP contribution in [0.25, 0.3) is 0 Å². The molecule has 0 atom stereocenters. The quantitative estimate of drug-likeness (QED) is 0.548. The summed E-state index contributed by atoms with van der Waals surface area (Å²) >= 11 is 0. The summed E-state index contributed by atoms with van der Waals surface area (Å²) in [5.74, 6) is 1.19. The number of rotatable bonds is 8. The Morgan fingerprint density at radius 1 is 1.07 bits per heavy atom. The van der Waals surface area contributed by atoms with Gasteiger partial charge in [0.05, 0.1) is 17.9 Å². The second kappa shape index (κ2) is 9.64. The number of hydrogen-bond donors (Lipinski definition) is 2. The van der Waals surface area contributed by atoms with E-state index in [0.29, 0.717) is 41.9 Å². The molecular formula is C22H23FN4O2. The van der Waals surface area contributed by atoms with Gasteiger partial charge >= 0.3 is 5.97 Å². The van der Waals surface area contributed by atoms with Crippen molar-refractivity contribution in [1.29, 1.82) is 0 Å². The number of aromatic nitrogens is 2. The lowest BCUT2D eigenvalue weighted by molar-refractivity contribution is 0.0527. The molecule has 1 heterocycles. The van der Waals surface area contributed by atoms with Gasteiger partial charge in [-0.15, -0.1) is 0 Å². The predicted molar refractivity (Wildman–Crippen MR) is 111 cm³/mol. The number of nitrogens with one attached hydrogen (secondary N) is 2. The maximum Gasteiger partial charge on any atom is 0.340 e. The molecule has 0 amide bonds. The fourth-order valence-corrected chi connectivity index (χ4v) is 2.83. The van der Waals surface area contributed by atoms with Crippen molar-refractivity contribution in [2.24, 2.45) is 0 Å². The number of aryl methyl sites for hydroxylation is 1. The minimum absolute atomic E-state index is 0.244. The van der Waals surface area contributed by atoms with Crippen molar-refractivity contribution >= 4 is 23.3 Å². The van der Waals surface area contributed by atoms with Gasteiger partial charge in [0, 0.05) is 12.6 Å². The van der Waals surface area contributed by atoms with Crippen LogP contribution in [-0.2, 0) is 11.2 Å². The van der Waals surface area contributed by atoms with Crippen LogP contribution in [0.3, 0.4) is 0 Å². The van der Waals surface area contributed by atoms with E-state index in [-0.39, 0.29) is 11.8 Å². The Balaban J connectivity index is 1.69. The predicted octanol–water partition coefficient (Wildman–Crippen LogP) is 4.50. The first-order valence-corrected chi connectivity index (χ1v) is 9.42. The van der Waals surface area contributed by atoms with E-state index in [9.17, 15) is 9.18 Å². The average Bonchev–Trinajstić information content (AvgIpc) is 2.70. The fourth-order valence-electron chi connectivity index (χ4n) is 2.83. The van der Waals surface area contributed by atoms with Crippen LogP contribution in [0.15, 0.2) is 54.6 Å². The van der Waals surface area contributed by atoms with Gasteiger partial charge in [-0.05, 0) is 50.1 Å². The van der Waals surface area contributed by atoms with Gasteiger partial charge in [0.2, 0.25) is 0 Å². The van der Waals surface area contributed by atoms with Crippen LogP contribution in [0.2, 0.25) is 0 Å². The number of carbonyl (C=O) groups is 1. The Morgan fingerprint density at radius 3 is 2.55 bits per heavy atom. The highest BCUT2D eigenvalue weighted by atomic mass is 19.1. The first kappa shape index (κ1) is 20.3. The summed E-state index contributed by atoms with van der Waals surface area (Å²) in [7, 11) is 0. The van der Waals surface area contributed by atoms with Gasteiger partial charge in [-0.2, -0.15) is 0 Å². The third-order valence-electron chi connectivity index (χ3n) is 4.16. The molecule has 0 aliphatic rings. The van der Waals surface area contributed by atoms with E-state index in [2.05, 4.69) is 20.6 Å². The molecule has 3 aromatic rings. The zero-order chi connectivity index (χ0) is 20.6. The summed E-state index contributed by atoms with van der Waals surface area (Å²) < 4.78 is 18.1. The third kappa shape index (κ3) is 5.75. The van der Waals surface area contributed by atoms with E-state index in [1.807, 2.05) is 6.07 Å². The van der Waals surface area contributed by atoms with Crippen molar-refractivity contribution in [1.82, 2.24) is 9.97 Å². The summed E-state index contributed by atoms with van der Waals surface area (Å²) in [4.78, 5) is 20.9. The number of nitrogens with zero attached hydrogens (tertiary/aromatic N) is 2. The molecule has 3 rings (SSSR count). The molecule has 0 saturated carbocycles. The molecule has 2 N–H and O–H groups in total. The van der Waals surface area contributed by atoms with Crippen molar-refractivity contribution in [3.63, 3.8) is 0 Å². The van der Waals surface area contributed by atoms with Crippen LogP contribution in [0.4, 0.5) is 21.7 Å². The van der Waals surface area contributed by atoms with Gasteiger partial charge in [0.25, 0.3) is 0 Å². The second-order valence-corrected chi connectivity index (χ2v) is 6.38. The third-order valence-corrected chi connectivity index (χ3v) is 4.16. The summed E-state index contributed by atoms with van der Waals surface area (Å²) in [6.45, 7) is 4.52. The molecule has 6 nitrogen and oxygen atoms in total. The summed E-state index contributed by atoms with van der Waals surface area (Å²) in [5.41, 5.74) is 2.09. The zero-order valence-corrected chi connectivity index (χ0v) is 16.4. The maximum atomic E-state index is 13.0. The standard InChI is InChI=1S/C22H23FN4O2/c1-3-29-22(28)18-6-4-5-7-19(18)27-21-14-20(25-15(2)26-21)24-13-12-16-8-10-17(23)11-9-16/h4-11,14H,3,12-13H2,1-2H3,(H2,24,25,26,27). The molecule has 0 aliphatic heterocycles. The average molecular weight is 394 g/mol. The van der Waals surface area contributed by atoms with E-state index < -0.39 is 0 Å². The molecule has 0 fully saturated rings. The number of para-hydroxylation sites is 1. The zero-order valence-electron chi connectivity index (χ0n) is 16.4. The lowest BCUT2D eigenvalue weighted by Crippen LogP contribution is -2.10. The van der Waals surface area contributed by atoms with Crippen molar-refractivity contribution in [2.75, 3.05) is 23.8 Å². The smallest absolute Gasteiger partial charge is 0.340 e. The minimum Gasteiger partial charge on any atom is -0.462 e. The number of carbonyl (C=O) groups excluding carboxylic acids is 1. The molecule has 0 spiro atoms. The molecule has 1 aromatic heterocycles. The van der Waals surface area contributed by atoms with Gasteiger partial charge in [-0.1, -0.05) is 24.3 Å². The van der Waals surface area contributed by atoms with Gasteiger partial charge in [-0.25, -0.2) is 19.2 Å². The fraction of sp³-hybridized carbons (Fsp3) is 0.227. The SMILES string of the molecule is CCOC(=O)c1ccccc1Nc1cc(NCCc2ccc(F)cc2)nc(C)n1. The number of ether oxygens (including phenoxy) is 1. The normalized spacial score (nSPS) is 10.4. The monoisotopic (exact) mass is 394 g/mol. The summed E-state index contributed by atoms with van der Waals surface area (Å²) in [5, 5.41) is 6.43. The van der Waals surface area contributed by atoms with Gasteiger partial charge in [-0.3, -0.25) is 0 Å². The number of halogens is 1. The molecule has 0 saturated heterocycles. The van der Waals surface area contributed by atoms with Crippen LogP contribution in [-0.4, -0.2) is 29.1 Å². The summed E-state index contributed by atoms with van der Waals surface area (Å²) in [6.07, 6.45) is 0.734. The molecule has 0 bridgehead atoms. The second-order valence-electron chi connectivity index (χ2n) is 6.38. The molecule has 2 aromatic carbocycles. The Kier molecular flexibility index (Phi) is 6.73. The van der Waals surface area contributed by atoms with Gasteiger partial charge in [0.15, 0.2) is 0 Å². The van der Waals surface area contributed by atoms with Crippen LogP contribution in [0, 0.1) is 12.7 Å². The largest absolute Gasteiger partial charge is 0.462 e. The number of esters is 1. The number of hydrogen-bond acceptors (Lipinski definition) is 6. The maximum absolute atomic E-state index is 13.0. The van der Waals surface area contributed by atoms with Crippen LogP contribution < -0.4 is 10.6 Å². The van der Waals surface area contributed by atoms with Crippen LogP contribution >= 0.6 is 0 Å². The highest BCUT2D eigenvalue weighted by molar-refractivity contribution is 5.96. The number of anilines is 3. The first-order valence-electron chi connectivity index (χ1n) is 9.42. The molecule has 0 aliphatic carbocycles. The van der Waals surface area contributed by atoms with Gasteiger partial charge in [0.1, 0.15) is 23.3 Å². The minimum atomic E-state index is -0.390. The van der Waals surface area contributed by atoms with Crippen LogP contribution in [0.1, 0.15) is 28.7 Å². The van der Waals surface area contributed by atoms with Crippen molar-refractivity contribution in [3.8, 4) is 0 Å². The van der Waals surface area contributed by atoms with Crippen molar-refractivity contribution < 1.29 is 13.9 Å². The Labute approximate surface area is 169 Å². The highest BCUT2D eigenvalue weighted by Crippen LogP contribution is 2.22. The molecule has 150 valence electrons. The topological polar surface area (TPSA) is 76.1 Å². The van der Waals surface area contributed by atoms with E-state index in [1.165, 1.54) is 12.1 Å². The van der Waals surface area contributed by atoms with E-state index in [0.717, 1.165) is 12.0 Å². The molecule has 0 unspecified atom stereocenters. The summed E-state index contributed by atoms with van der Waals surface area (Å²) in [6, 6.07) is 15.3. The number of benzene rings is 2. The lowest BCUT2D eigenvalue weighted by atomic mass is 10.1. The van der Waals surface area contributed by atoms with Crippen molar-refractivity contribution in [3.05, 3.63) is 77.4 Å². The molecule has 0 radical (unpaired) electrons. The Morgan fingerprint density at radius 2 is 1.79 bits per heavy atom. The highest BCUT2D eigenvalue weighted by Gasteiger charge is 2.13. The molecule has 29 heavy (non-hydrogen) atoms. The molecule has 7 heteroatoms. The van der Waals surface area contributed by atoms with E-state index >= 15 is 0 Å². The van der Waals surface area contributed by atoms with Crippen LogP contribution in [0.5, 0.6) is 0 Å². The Hall–Kier alpha value is -3.48. The van der Waals surface area contributed by atoms with Gasteiger partial charge < -0.3 is 15.4 Å². The van der Waals surface area contributed by atoms with E-state index in [1.54, 1.807) is 50.2 Å². The first-order chi connectivity index (χ1) is 14.0. The molecular weight excluding hydrogens is 371 g/mol. The lowest BCUT2D eigenvalue weighted by Gasteiger charge is -2.13. The van der Waals surface area contributed by atoms with Crippen molar-refractivity contribution in [2.45, 2.75) is 20.3 Å².